The van der Waals surface area contributed by atoms with E-state index < -0.39 is 0 Å². The molecule has 0 radical (unpaired) electrons. The van der Waals surface area contributed by atoms with Crippen molar-refractivity contribution in [1.82, 2.24) is 14.1 Å². The molecule has 18 aromatic rings. The molecule has 2 aliphatic heterocycles. The summed E-state index contributed by atoms with van der Waals surface area (Å²) < 4.78 is 27.0. The van der Waals surface area contributed by atoms with Gasteiger partial charge < -0.3 is 27.6 Å². The molecule has 446 valence electrons. The average Bonchev–Trinajstić information content (AvgIpc) is 1.27. The Morgan fingerprint density at radius 3 is 1.67 bits per heavy atom. The Hall–Kier alpha value is -12.1. The highest BCUT2D eigenvalue weighted by Gasteiger charge is 2.44. The van der Waals surface area contributed by atoms with Crippen molar-refractivity contribution in [1.29, 1.82) is 0 Å². The van der Waals surface area contributed by atoms with Crippen LogP contribution in [0.25, 0.3) is 143 Å². The van der Waals surface area contributed by atoms with Gasteiger partial charge in [0.15, 0.2) is 0 Å². The molecule has 2 aliphatic rings. The van der Waals surface area contributed by atoms with Gasteiger partial charge in [-0.15, -0.1) is 0 Å². The lowest BCUT2D eigenvalue weighted by molar-refractivity contribution is 0.487. The van der Waals surface area contributed by atoms with Gasteiger partial charge in [0, 0.05) is 94.8 Å². The SMILES string of the molecule is CC(C)(C)c1ccc(N2c3cc(-n4c5ccccc5c5ccccc54)ccc3B3c4ccc(-n5c6ccccc6c6ccncc65)cc4Oc4cc(-c5cccc6c5oc5cc(-c7ccccc7-c7ccccc7)c7oc8ccccc8c7c56)cc2c43)c(-c2ccccc2)c1. The normalized spacial score (nSPS) is 12.8. The third-order valence-electron chi connectivity index (χ3n) is 20.2. The molecule has 7 heterocycles. The zero-order valence-electron chi connectivity index (χ0n) is 52.3. The maximum absolute atomic E-state index is 7.68. The van der Waals surface area contributed by atoms with Gasteiger partial charge in [0.25, 0.3) is 6.71 Å². The highest BCUT2D eigenvalue weighted by molar-refractivity contribution is 6.99. The number of ether oxygens (including phenoxy) is 1. The minimum Gasteiger partial charge on any atom is -0.458 e. The largest absolute Gasteiger partial charge is 0.458 e. The number of hydrogen-bond donors (Lipinski definition) is 0. The van der Waals surface area contributed by atoms with Crippen LogP contribution in [0, 0.1) is 0 Å². The summed E-state index contributed by atoms with van der Waals surface area (Å²) in [6, 6.07) is 101. The van der Waals surface area contributed by atoms with E-state index in [1.165, 1.54) is 27.2 Å². The molecule has 0 aliphatic carbocycles. The van der Waals surface area contributed by atoms with Crippen LogP contribution in [-0.4, -0.2) is 20.8 Å². The van der Waals surface area contributed by atoms with Crippen molar-refractivity contribution in [3.8, 4) is 67.4 Å². The molecule has 5 aromatic heterocycles. The summed E-state index contributed by atoms with van der Waals surface area (Å²) in [6.07, 6.45) is 3.86. The van der Waals surface area contributed by atoms with E-state index in [-0.39, 0.29) is 12.1 Å². The number of para-hydroxylation sites is 5. The highest BCUT2D eigenvalue weighted by atomic mass is 16.5. The second-order valence-electron chi connectivity index (χ2n) is 26.5. The molecule has 13 aromatic carbocycles. The number of rotatable bonds is 7. The fourth-order valence-corrected chi connectivity index (χ4v) is 15.9. The minimum atomic E-state index is -0.235. The standard InChI is InChI=1S/C87H57BN4O3/c1-87(2,3)55-37-42-74(67(47-55)53-23-8-5-9-24-53)92-75-48-56(90-71-33-16-12-27-61(71)62-28-13-17-34-72(62)90)38-40-69(75)88-70-41-39-57(91-73-35-18-14-29-63(73)64-43-44-89-51-77(64)91)49-79(70)93-81-46-54(45-76(92)84(81)88)59-31-20-32-66-82-80(95-85(59)66)50-68(86-83(82)65-30-15-19-36-78(65)94-86)60-26-11-10-25-58(60)52-21-6-4-7-22-52/h4-51H,1-3H3. The average molecular weight is 1220 g/mol. The molecule has 0 N–H and O–H groups in total. The summed E-state index contributed by atoms with van der Waals surface area (Å²) in [7, 11) is 0. The van der Waals surface area contributed by atoms with Gasteiger partial charge in [-0.25, -0.2) is 0 Å². The fraction of sp³-hybridized carbons (Fsp3) is 0.0460. The number of fused-ring (bicyclic) bond motifs is 17. The van der Waals surface area contributed by atoms with Crippen LogP contribution >= 0.6 is 0 Å². The molecule has 0 bridgehead atoms. The maximum Gasteiger partial charge on any atom is 0.256 e. The number of pyridine rings is 1. The lowest BCUT2D eigenvalue weighted by Crippen LogP contribution is -2.59. The van der Waals surface area contributed by atoms with Gasteiger partial charge in [-0.2, -0.15) is 0 Å². The number of aromatic nitrogens is 3. The van der Waals surface area contributed by atoms with Gasteiger partial charge in [0.05, 0.1) is 34.0 Å². The van der Waals surface area contributed by atoms with Gasteiger partial charge in [0.1, 0.15) is 33.8 Å². The van der Waals surface area contributed by atoms with Crippen LogP contribution in [0.5, 0.6) is 11.5 Å². The molecule has 0 spiro atoms. The van der Waals surface area contributed by atoms with E-state index in [1.807, 2.05) is 12.4 Å². The number of nitrogens with zero attached hydrogens (tertiary/aromatic N) is 4. The predicted molar refractivity (Wildman–Crippen MR) is 394 cm³/mol. The number of furan rings is 2. The Labute approximate surface area is 547 Å². The van der Waals surface area contributed by atoms with Crippen LogP contribution in [0.15, 0.2) is 300 Å². The summed E-state index contributed by atoms with van der Waals surface area (Å²) in [5, 5.41) is 8.82. The van der Waals surface area contributed by atoms with E-state index in [0.29, 0.717) is 0 Å². The Balaban J connectivity index is 0.880. The molecule has 95 heavy (non-hydrogen) atoms. The predicted octanol–water partition coefficient (Wildman–Crippen LogP) is 21.4. The topological polar surface area (TPSA) is 61.5 Å². The molecule has 20 rings (SSSR count). The molecule has 0 saturated carbocycles. The van der Waals surface area contributed by atoms with Gasteiger partial charge in [0.2, 0.25) is 0 Å². The van der Waals surface area contributed by atoms with Gasteiger partial charge in [-0.05, 0) is 134 Å². The van der Waals surface area contributed by atoms with E-state index >= 15 is 0 Å². The van der Waals surface area contributed by atoms with Crippen molar-refractivity contribution in [3.05, 3.63) is 297 Å². The third-order valence-corrected chi connectivity index (χ3v) is 20.2. The van der Waals surface area contributed by atoms with E-state index in [9.17, 15) is 0 Å². The highest BCUT2D eigenvalue weighted by Crippen LogP contribution is 2.52. The van der Waals surface area contributed by atoms with Crippen LogP contribution in [0.2, 0.25) is 0 Å². The van der Waals surface area contributed by atoms with Gasteiger partial charge in [-0.3, -0.25) is 4.98 Å². The van der Waals surface area contributed by atoms with Crippen LogP contribution < -0.4 is 26.0 Å². The number of benzene rings is 13. The first-order chi connectivity index (χ1) is 46.8. The summed E-state index contributed by atoms with van der Waals surface area (Å²) in [6.45, 7) is 6.67. The first-order valence-electron chi connectivity index (χ1n) is 32.7. The second kappa shape index (κ2) is 20.2. The first kappa shape index (κ1) is 53.5. The Morgan fingerprint density at radius 2 is 0.947 bits per heavy atom. The Bertz CT molecular complexity index is 6160. The molecule has 0 saturated heterocycles. The van der Waals surface area contributed by atoms with Gasteiger partial charge in [-0.1, -0.05) is 215 Å². The number of hydrogen-bond acceptors (Lipinski definition) is 5. The quantitative estimate of drug-likeness (QED) is 0.149. The molecule has 7 nitrogen and oxygen atoms in total. The van der Waals surface area contributed by atoms with Crippen LogP contribution in [0.4, 0.5) is 17.1 Å². The molecule has 8 heteroatoms. The maximum atomic E-state index is 7.68. The molecule has 0 unspecified atom stereocenters. The molecular formula is C87H57BN4O3. The van der Waals surface area contributed by atoms with Gasteiger partial charge >= 0.3 is 0 Å². The van der Waals surface area contributed by atoms with Crippen molar-refractivity contribution in [2.45, 2.75) is 26.2 Å². The molecule has 0 amide bonds. The van der Waals surface area contributed by atoms with Crippen LogP contribution in [0.1, 0.15) is 26.3 Å². The molecule has 0 fully saturated rings. The zero-order valence-corrected chi connectivity index (χ0v) is 52.3. The van der Waals surface area contributed by atoms with Crippen LogP contribution in [-0.2, 0) is 5.41 Å². The van der Waals surface area contributed by atoms with Crippen molar-refractivity contribution in [2.24, 2.45) is 0 Å². The molecular weight excluding hydrogens is 1160 g/mol. The lowest BCUT2D eigenvalue weighted by Gasteiger charge is -2.41. The number of anilines is 3. The summed E-state index contributed by atoms with van der Waals surface area (Å²) >= 11 is 0. The fourth-order valence-electron chi connectivity index (χ4n) is 15.9. The smallest absolute Gasteiger partial charge is 0.256 e. The van der Waals surface area contributed by atoms with Crippen molar-refractivity contribution >= 4 is 128 Å². The second-order valence-corrected chi connectivity index (χ2v) is 26.5. The summed E-state index contributed by atoms with van der Waals surface area (Å²) in [5.74, 6) is 1.57. The zero-order chi connectivity index (χ0) is 62.8. The van der Waals surface area contributed by atoms with Crippen molar-refractivity contribution in [2.75, 3.05) is 4.90 Å². The Morgan fingerprint density at radius 1 is 0.358 bits per heavy atom. The lowest BCUT2D eigenvalue weighted by atomic mass is 9.34. The first-order valence-corrected chi connectivity index (χ1v) is 32.7. The monoisotopic (exact) mass is 1220 g/mol. The van der Waals surface area contributed by atoms with Crippen molar-refractivity contribution < 1.29 is 13.6 Å². The summed E-state index contributed by atoms with van der Waals surface area (Å²) in [5.41, 5.74) is 25.8. The molecule has 0 atom stereocenters. The third kappa shape index (κ3) is 7.92. The summed E-state index contributed by atoms with van der Waals surface area (Å²) in [4.78, 5) is 7.22. The Kier molecular flexibility index (Phi) is 11.4. The van der Waals surface area contributed by atoms with Crippen molar-refractivity contribution in [3.63, 3.8) is 0 Å². The van der Waals surface area contributed by atoms with E-state index in [1.54, 1.807) is 0 Å². The van der Waals surface area contributed by atoms with E-state index in [4.69, 9.17) is 13.6 Å². The van der Waals surface area contributed by atoms with E-state index in [2.05, 4.69) is 319 Å². The van der Waals surface area contributed by atoms with E-state index in [0.717, 1.165) is 167 Å². The minimum absolute atomic E-state index is 0.131. The van der Waals surface area contributed by atoms with Crippen LogP contribution in [0.3, 0.4) is 0 Å².